The highest BCUT2D eigenvalue weighted by Crippen LogP contribution is 2.45. The van der Waals surface area contributed by atoms with E-state index in [9.17, 15) is 18.0 Å². The maximum atomic E-state index is 13.4. The number of halogens is 3. The van der Waals surface area contributed by atoms with E-state index in [0.717, 1.165) is 45.2 Å². The van der Waals surface area contributed by atoms with E-state index in [1.165, 1.54) is 0 Å². The minimum Gasteiger partial charge on any atom is -0.352 e. The minimum absolute atomic E-state index is 0.00339. The Morgan fingerprint density at radius 3 is 2.55 bits per heavy atom. The second-order valence-corrected chi connectivity index (χ2v) is 11.4. The number of nitrogens with zero attached hydrogens (tertiary/aromatic N) is 1. The van der Waals surface area contributed by atoms with Crippen molar-refractivity contribution in [3.8, 4) is 0 Å². The number of piperidine rings is 1. The number of amides is 1. The van der Waals surface area contributed by atoms with Crippen molar-refractivity contribution in [1.29, 1.82) is 0 Å². The fourth-order valence-corrected chi connectivity index (χ4v) is 6.74. The van der Waals surface area contributed by atoms with Crippen LogP contribution in [0.15, 0.2) is 0 Å². The molecule has 4 N–H and O–H groups in total. The van der Waals surface area contributed by atoms with E-state index < -0.39 is 18.3 Å². The monoisotopic (exact) mass is 463 g/mol. The van der Waals surface area contributed by atoms with Gasteiger partial charge in [-0.25, -0.2) is 10.9 Å². The molecule has 2 heterocycles. The average molecular weight is 464 g/mol. The van der Waals surface area contributed by atoms with E-state index in [4.69, 9.17) is 0 Å². The highest BCUT2D eigenvalue weighted by molar-refractivity contribution is 8.00. The van der Waals surface area contributed by atoms with Gasteiger partial charge in [-0.15, -0.1) is 11.8 Å². The largest absolute Gasteiger partial charge is 0.403 e. The number of rotatable bonds is 6. The van der Waals surface area contributed by atoms with Crippen LogP contribution in [0.3, 0.4) is 0 Å². The van der Waals surface area contributed by atoms with Crippen LogP contribution in [0.1, 0.15) is 58.3 Å². The zero-order chi connectivity index (χ0) is 22.2. The third-order valence-corrected chi connectivity index (χ3v) is 9.05. The molecule has 178 valence electrons. The summed E-state index contributed by atoms with van der Waals surface area (Å²) >= 11 is 1.89. The number of hydrogen-bond acceptors (Lipinski definition) is 6. The number of carbonyl (C=O) groups excluding carboxylic acids is 1. The molecule has 10 heteroatoms. The predicted molar refractivity (Wildman–Crippen MR) is 116 cm³/mol. The topological polar surface area (TPSA) is 68.4 Å². The smallest absolute Gasteiger partial charge is 0.352 e. The van der Waals surface area contributed by atoms with E-state index in [-0.39, 0.29) is 29.8 Å². The number of nitrogens with one attached hydrogen (secondary N) is 4. The first-order valence-corrected chi connectivity index (χ1v) is 12.6. The first kappa shape index (κ1) is 23.6. The van der Waals surface area contributed by atoms with Gasteiger partial charge < -0.3 is 5.32 Å². The molecule has 6 unspecified atom stereocenters. The Morgan fingerprint density at radius 1 is 1.13 bits per heavy atom. The van der Waals surface area contributed by atoms with Crippen LogP contribution in [0.25, 0.3) is 0 Å². The van der Waals surface area contributed by atoms with Crippen LogP contribution < -0.4 is 21.5 Å². The Balaban J connectivity index is 1.30. The molecule has 2 saturated carbocycles. The van der Waals surface area contributed by atoms with Crippen LogP contribution in [0, 0.1) is 17.8 Å². The summed E-state index contributed by atoms with van der Waals surface area (Å²) in [5.74, 6) is 0.618. The summed E-state index contributed by atoms with van der Waals surface area (Å²) in [6.07, 6.45) is 2.32. The van der Waals surface area contributed by atoms with Crippen molar-refractivity contribution in [2.75, 3.05) is 13.7 Å². The molecule has 2 aliphatic carbocycles. The summed E-state index contributed by atoms with van der Waals surface area (Å²) in [5, 5.41) is 6.16. The van der Waals surface area contributed by atoms with Gasteiger partial charge in [-0.3, -0.25) is 15.0 Å². The van der Waals surface area contributed by atoms with Crippen molar-refractivity contribution in [3.05, 3.63) is 0 Å². The van der Waals surface area contributed by atoms with E-state index in [1.807, 2.05) is 11.8 Å². The van der Waals surface area contributed by atoms with Crippen molar-refractivity contribution in [2.45, 2.75) is 93.3 Å². The molecule has 0 aromatic heterocycles. The molecular weight excluding hydrogens is 427 g/mol. The molecule has 0 radical (unpaired) electrons. The summed E-state index contributed by atoms with van der Waals surface area (Å²) < 4.78 is 40.3. The van der Waals surface area contributed by atoms with Crippen molar-refractivity contribution >= 4 is 17.7 Å². The maximum absolute atomic E-state index is 13.4. The third-order valence-electron chi connectivity index (χ3n) is 7.50. The highest BCUT2D eigenvalue weighted by atomic mass is 32.2. The summed E-state index contributed by atoms with van der Waals surface area (Å²) in [6, 6.07) is -2.25. The number of thioether (sulfide) groups is 1. The fraction of sp³-hybridized carbons (Fsp3) is 0.952. The lowest BCUT2D eigenvalue weighted by molar-refractivity contribution is -0.169. The van der Waals surface area contributed by atoms with Gasteiger partial charge in [0.25, 0.3) is 0 Å². The molecule has 0 aromatic carbocycles. The number of hydrogen-bond donors (Lipinski definition) is 4. The molecular formula is C21H36F3N5OS. The Morgan fingerprint density at radius 2 is 1.90 bits per heavy atom. The van der Waals surface area contributed by atoms with Gasteiger partial charge in [0.05, 0.1) is 12.7 Å². The van der Waals surface area contributed by atoms with Gasteiger partial charge in [0.2, 0.25) is 5.91 Å². The van der Waals surface area contributed by atoms with Crippen LogP contribution >= 0.6 is 11.8 Å². The normalized spacial score (nSPS) is 38.7. The number of hydrazine groups is 1. The van der Waals surface area contributed by atoms with Crippen LogP contribution in [0.2, 0.25) is 0 Å². The Labute approximate surface area is 187 Å². The molecule has 1 amide bonds. The molecule has 0 aromatic rings. The second kappa shape index (κ2) is 9.75. The van der Waals surface area contributed by atoms with Crippen LogP contribution in [-0.2, 0) is 4.79 Å². The van der Waals surface area contributed by atoms with Crippen molar-refractivity contribution in [2.24, 2.45) is 17.8 Å². The van der Waals surface area contributed by atoms with E-state index >= 15 is 0 Å². The quantitative estimate of drug-likeness (QED) is 0.486. The van der Waals surface area contributed by atoms with Gasteiger partial charge in [-0.05, 0) is 69.7 Å². The van der Waals surface area contributed by atoms with E-state index in [1.54, 1.807) is 0 Å². The molecule has 4 rings (SSSR count). The Hall–Kier alpha value is -0.550. The Bertz CT molecular complexity index is 635. The van der Waals surface area contributed by atoms with Crippen LogP contribution in [-0.4, -0.2) is 59.6 Å². The first-order chi connectivity index (χ1) is 14.7. The Kier molecular flexibility index (Phi) is 7.42. The molecule has 4 fully saturated rings. The maximum Gasteiger partial charge on any atom is 0.403 e. The zero-order valence-electron chi connectivity index (χ0n) is 18.4. The predicted octanol–water partition coefficient (Wildman–Crippen LogP) is 2.77. The molecule has 31 heavy (non-hydrogen) atoms. The molecule has 0 spiro atoms. The van der Waals surface area contributed by atoms with Crippen LogP contribution in [0.4, 0.5) is 13.2 Å². The zero-order valence-corrected chi connectivity index (χ0v) is 19.2. The van der Waals surface area contributed by atoms with Gasteiger partial charge >= 0.3 is 6.18 Å². The lowest BCUT2D eigenvalue weighted by Crippen LogP contribution is -2.59. The number of carbonyl (C=O) groups is 1. The summed E-state index contributed by atoms with van der Waals surface area (Å²) in [7, 11) is 2.07. The van der Waals surface area contributed by atoms with Gasteiger partial charge in [0, 0.05) is 11.3 Å². The lowest BCUT2D eigenvalue weighted by atomic mass is 9.82. The van der Waals surface area contributed by atoms with Gasteiger partial charge in [0.1, 0.15) is 11.5 Å². The SMILES string of the molecule is C[C@H](SC1NNCN1C)C1CCCC(NC(=O)C2CC(C3CC3)CC(C(F)(F)F)N2)C1. The van der Waals surface area contributed by atoms with Crippen molar-refractivity contribution in [1.82, 2.24) is 26.4 Å². The van der Waals surface area contributed by atoms with E-state index in [2.05, 4.69) is 40.4 Å². The minimum atomic E-state index is -4.30. The van der Waals surface area contributed by atoms with E-state index in [0.29, 0.717) is 23.5 Å². The van der Waals surface area contributed by atoms with Crippen molar-refractivity contribution < 1.29 is 18.0 Å². The molecule has 2 aliphatic heterocycles. The average Bonchev–Trinajstić information content (AvgIpc) is 3.51. The molecule has 6 nitrogen and oxygen atoms in total. The molecule has 0 bridgehead atoms. The van der Waals surface area contributed by atoms with Gasteiger partial charge in [-0.2, -0.15) is 13.2 Å². The summed E-state index contributed by atoms with van der Waals surface area (Å²) in [6.45, 7) is 3.05. The molecule has 7 atom stereocenters. The second-order valence-electron chi connectivity index (χ2n) is 9.94. The van der Waals surface area contributed by atoms with Crippen molar-refractivity contribution in [3.63, 3.8) is 0 Å². The fourth-order valence-electron chi connectivity index (χ4n) is 5.43. The molecule has 4 aliphatic rings. The highest BCUT2D eigenvalue weighted by Gasteiger charge is 2.49. The molecule has 2 saturated heterocycles. The third kappa shape index (κ3) is 6.07. The number of alkyl halides is 3. The summed E-state index contributed by atoms with van der Waals surface area (Å²) in [4.78, 5) is 15.2. The van der Waals surface area contributed by atoms with Crippen LogP contribution in [0.5, 0.6) is 0 Å². The first-order valence-electron chi connectivity index (χ1n) is 11.7. The standard InChI is InChI=1S/C21H36F3N5OS/c1-12(31-20-28-25-11-29(20)2)14-4-3-5-16(8-14)26-19(30)17-9-15(13-6-7-13)10-18(27-17)21(22,23)24/h12-18,20,25,27-28H,3-11H2,1-2H3,(H,26,30)/t12-,14?,15?,16?,17?,18?,20?/m0/s1. The lowest BCUT2D eigenvalue weighted by Gasteiger charge is -2.38. The van der Waals surface area contributed by atoms with Gasteiger partial charge in [-0.1, -0.05) is 13.3 Å². The van der Waals surface area contributed by atoms with Gasteiger partial charge in [0.15, 0.2) is 0 Å². The summed E-state index contributed by atoms with van der Waals surface area (Å²) in [5.41, 5.74) is 6.64.